The largest absolute Gasteiger partial charge is 0.493 e. The van der Waals surface area contributed by atoms with Crippen molar-refractivity contribution >= 4 is 17.5 Å². The van der Waals surface area contributed by atoms with Crippen molar-refractivity contribution in [2.45, 2.75) is 52.0 Å². The fourth-order valence-corrected chi connectivity index (χ4v) is 4.37. The molecule has 0 spiro atoms. The average Bonchev–Trinajstić information content (AvgIpc) is 3.34. The highest BCUT2D eigenvalue weighted by Crippen LogP contribution is 2.37. The van der Waals surface area contributed by atoms with Gasteiger partial charge in [-0.15, -0.1) is 0 Å². The molecule has 6 heteroatoms. The molecule has 2 saturated heterocycles. The third kappa shape index (κ3) is 5.12. The molecular formula is C22H33ClN2O3. The molecule has 1 amide bonds. The maximum absolute atomic E-state index is 13.2. The van der Waals surface area contributed by atoms with E-state index in [1.807, 2.05) is 4.90 Å². The fourth-order valence-electron chi connectivity index (χ4n) is 4.10. The first-order chi connectivity index (χ1) is 13.5. The Labute approximate surface area is 173 Å². The maximum atomic E-state index is 13.2. The van der Waals surface area contributed by atoms with Crippen LogP contribution in [0.5, 0.6) is 11.5 Å². The number of methoxy groups -OCH3 is 1. The average molecular weight is 409 g/mol. The lowest BCUT2D eigenvalue weighted by molar-refractivity contribution is 0.0708. The molecule has 0 aromatic heterocycles. The number of rotatable bonds is 8. The second-order valence-corrected chi connectivity index (χ2v) is 8.73. The van der Waals surface area contributed by atoms with E-state index < -0.39 is 0 Å². The van der Waals surface area contributed by atoms with E-state index in [0.29, 0.717) is 34.6 Å². The number of carbonyl (C=O) groups is 1. The number of hydrogen-bond acceptors (Lipinski definition) is 4. The first-order valence-corrected chi connectivity index (χ1v) is 10.9. The standard InChI is InChI=1S/C22H33ClN2O3/c1-16(2)8-12-28-21-19(23)13-17(14-20(21)27-3)22(26)25-11-6-7-18(25)15-24-9-4-5-10-24/h13-14,16,18H,4-12,15H2,1-3H3. The Balaban J connectivity index is 1.72. The van der Waals surface area contributed by atoms with Crippen LogP contribution in [0.15, 0.2) is 12.1 Å². The van der Waals surface area contributed by atoms with Crippen molar-refractivity contribution in [3.8, 4) is 11.5 Å². The molecule has 0 N–H and O–H groups in total. The number of hydrogen-bond donors (Lipinski definition) is 0. The van der Waals surface area contributed by atoms with Crippen LogP contribution < -0.4 is 9.47 Å². The van der Waals surface area contributed by atoms with Crippen molar-refractivity contribution in [3.63, 3.8) is 0 Å². The van der Waals surface area contributed by atoms with Crippen LogP contribution >= 0.6 is 11.6 Å². The summed E-state index contributed by atoms with van der Waals surface area (Å²) in [6.45, 7) is 8.97. The van der Waals surface area contributed by atoms with E-state index in [1.165, 1.54) is 12.8 Å². The Hall–Kier alpha value is -1.46. The molecule has 28 heavy (non-hydrogen) atoms. The molecular weight excluding hydrogens is 376 g/mol. The summed E-state index contributed by atoms with van der Waals surface area (Å²) in [5, 5.41) is 0.432. The quantitative estimate of drug-likeness (QED) is 0.636. The summed E-state index contributed by atoms with van der Waals surface area (Å²) in [6.07, 6.45) is 5.61. The Morgan fingerprint density at radius 3 is 2.64 bits per heavy atom. The van der Waals surface area contributed by atoms with Crippen molar-refractivity contribution in [1.82, 2.24) is 9.80 Å². The van der Waals surface area contributed by atoms with Gasteiger partial charge in [0.25, 0.3) is 5.91 Å². The second kappa shape index (κ2) is 9.84. The van der Waals surface area contributed by atoms with Crippen LogP contribution in [0.25, 0.3) is 0 Å². The first kappa shape index (κ1) is 21.3. The van der Waals surface area contributed by atoms with E-state index in [9.17, 15) is 4.79 Å². The smallest absolute Gasteiger partial charge is 0.254 e. The lowest BCUT2D eigenvalue weighted by atomic mass is 10.1. The zero-order chi connectivity index (χ0) is 20.1. The van der Waals surface area contributed by atoms with Gasteiger partial charge in [0.05, 0.1) is 18.7 Å². The maximum Gasteiger partial charge on any atom is 0.254 e. The summed E-state index contributed by atoms with van der Waals surface area (Å²) < 4.78 is 11.3. The van der Waals surface area contributed by atoms with Gasteiger partial charge in [-0.3, -0.25) is 4.79 Å². The van der Waals surface area contributed by atoms with E-state index in [4.69, 9.17) is 21.1 Å². The molecule has 3 rings (SSSR count). The van der Waals surface area contributed by atoms with Gasteiger partial charge >= 0.3 is 0 Å². The monoisotopic (exact) mass is 408 g/mol. The number of nitrogens with zero attached hydrogens (tertiary/aromatic N) is 2. The minimum atomic E-state index is 0.0376. The number of amides is 1. The topological polar surface area (TPSA) is 42.0 Å². The zero-order valence-corrected chi connectivity index (χ0v) is 18.1. The van der Waals surface area contributed by atoms with Gasteiger partial charge in [0.2, 0.25) is 0 Å². The molecule has 2 heterocycles. The van der Waals surface area contributed by atoms with Crippen molar-refractivity contribution in [2.75, 3.05) is 39.9 Å². The molecule has 0 saturated carbocycles. The van der Waals surface area contributed by atoms with E-state index >= 15 is 0 Å². The molecule has 0 bridgehead atoms. The minimum absolute atomic E-state index is 0.0376. The second-order valence-electron chi connectivity index (χ2n) is 8.32. The molecule has 1 aromatic rings. The summed E-state index contributed by atoms with van der Waals surface area (Å²) >= 11 is 6.47. The van der Waals surface area contributed by atoms with Gasteiger partial charge in [-0.25, -0.2) is 0 Å². The van der Waals surface area contributed by atoms with Crippen LogP contribution in [-0.2, 0) is 0 Å². The molecule has 156 valence electrons. The number of ether oxygens (including phenoxy) is 2. The first-order valence-electron chi connectivity index (χ1n) is 10.5. The summed E-state index contributed by atoms with van der Waals surface area (Å²) in [7, 11) is 1.58. The summed E-state index contributed by atoms with van der Waals surface area (Å²) in [5.74, 6) is 1.63. The van der Waals surface area contributed by atoms with Gasteiger partial charge in [0.15, 0.2) is 11.5 Å². The highest BCUT2D eigenvalue weighted by atomic mass is 35.5. The highest BCUT2D eigenvalue weighted by Gasteiger charge is 2.32. The molecule has 2 aliphatic rings. The number of halogens is 1. The summed E-state index contributed by atoms with van der Waals surface area (Å²) in [5.41, 5.74) is 0.575. The fraction of sp³-hybridized carbons (Fsp3) is 0.682. The van der Waals surface area contributed by atoms with E-state index in [2.05, 4.69) is 18.7 Å². The molecule has 1 atom stereocenters. The summed E-state index contributed by atoms with van der Waals surface area (Å²) in [4.78, 5) is 17.7. The molecule has 2 aliphatic heterocycles. The Kier molecular flexibility index (Phi) is 7.47. The van der Waals surface area contributed by atoms with Crippen LogP contribution in [0.1, 0.15) is 56.3 Å². The highest BCUT2D eigenvalue weighted by molar-refractivity contribution is 6.32. The van der Waals surface area contributed by atoms with Gasteiger partial charge < -0.3 is 19.3 Å². The number of carbonyl (C=O) groups excluding carboxylic acids is 1. The lowest BCUT2D eigenvalue weighted by Gasteiger charge is -2.29. The lowest BCUT2D eigenvalue weighted by Crippen LogP contribution is -2.42. The summed E-state index contributed by atoms with van der Waals surface area (Å²) in [6, 6.07) is 3.78. The Morgan fingerprint density at radius 2 is 1.96 bits per heavy atom. The Morgan fingerprint density at radius 1 is 1.21 bits per heavy atom. The van der Waals surface area contributed by atoms with Crippen LogP contribution in [0.2, 0.25) is 5.02 Å². The van der Waals surface area contributed by atoms with E-state index in [-0.39, 0.29) is 11.9 Å². The predicted octanol–water partition coefficient (Wildman–Crippen LogP) is 4.47. The molecule has 1 aromatic carbocycles. The number of benzene rings is 1. The minimum Gasteiger partial charge on any atom is -0.493 e. The van der Waals surface area contributed by atoms with Gasteiger partial charge in [-0.2, -0.15) is 0 Å². The number of likely N-dealkylation sites (tertiary alicyclic amines) is 2. The van der Waals surface area contributed by atoms with Crippen molar-refractivity contribution in [3.05, 3.63) is 22.7 Å². The van der Waals surface area contributed by atoms with E-state index in [1.54, 1.807) is 19.2 Å². The van der Waals surface area contributed by atoms with Crippen LogP contribution in [0.4, 0.5) is 0 Å². The van der Waals surface area contributed by atoms with E-state index in [0.717, 1.165) is 45.4 Å². The van der Waals surface area contributed by atoms with Crippen LogP contribution in [0, 0.1) is 5.92 Å². The van der Waals surface area contributed by atoms with Crippen molar-refractivity contribution in [1.29, 1.82) is 0 Å². The normalized spacial score (nSPS) is 20.2. The van der Waals surface area contributed by atoms with Gasteiger partial charge in [-0.1, -0.05) is 25.4 Å². The van der Waals surface area contributed by atoms with Crippen molar-refractivity contribution < 1.29 is 14.3 Å². The van der Waals surface area contributed by atoms with Crippen molar-refractivity contribution in [2.24, 2.45) is 5.92 Å². The third-order valence-corrected chi connectivity index (χ3v) is 6.00. The van der Waals surface area contributed by atoms with Crippen LogP contribution in [0.3, 0.4) is 0 Å². The molecule has 0 aliphatic carbocycles. The van der Waals surface area contributed by atoms with Gasteiger partial charge in [0, 0.05) is 24.7 Å². The Bertz CT molecular complexity index is 674. The third-order valence-electron chi connectivity index (χ3n) is 5.72. The van der Waals surface area contributed by atoms with Crippen LogP contribution in [-0.4, -0.2) is 61.6 Å². The molecule has 2 fully saturated rings. The predicted molar refractivity (Wildman–Crippen MR) is 113 cm³/mol. The zero-order valence-electron chi connectivity index (χ0n) is 17.4. The van der Waals surface area contributed by atoms with Gasteiger partial charge in [-0.05, 0) is 63.2 Å². The molecule has 1 unspecified atom stereocenters. The van der Waals surface area contributed by atoms with Gasteiger partial charge in [0.1, 0.15) is 0 Å². The molecule has 5 nitrogen and oxygen atoms in total. The SMILES string of the molecule is COc1cc(C(=O)N2CCCC2CN2CCCC2)cc(Cl)c1OCCC(C)C. The molecule has 0 radical (unpaired) electrons.